The molecule has 3 heterocycles. The molecule has 1 aliphatic heterocycles. The number of nitrogens with zero attached hydrogens (tertiary/aromatic N) is 3. The highest BCUT2D eigenvalue weighted by Crippen LogP contribution is 2.24. The molecule has 0 bridgehead atoms. The maximum Gasteiger partial charge on any atom is 0.264 e. The van der Waals surface area contributed by atoms with Crippen molar-refractivity contribution in [2.24, 2.45) is 0 Å². The summed E-state index contributed by atoms with van der Waals surface area (Å²) in [6.45, 7) is 3.07. The van der Waals surface area contributed by atoms with Crippen molar-refractivity contribution in [3.63, 3.8) is 0 Å². The molecule has 2 aromatic heterocycles. The number of hydrogen-bond donors (Lipinski definition) is 0. The molecule has 0 radical (unpaired) electrons. The van der Waals surface area contributed by atoms with Gasteiger partial charge >= 0.3 is 0 Å². The van der Waals surface area contributed by atoms with Crippen LogP contribution in [-0.4, -0.2) is 53.9 Å². The third-order valence-corrected chi connectivity index (χ3v) is 6.26. The Morgan fingerprint density at radius 2 is 2.12 bits per heavy atom. The van der Waals surface area contributed by atoms with Crippen LogP contribution in [0.25, 0.3) is 0 Å². The van der Waals surface area contributed by atoms with E-state index in [4.69, 9.17) is 0 Å². The molecule has 6 nitrogen and oxygen atoms in total. The topological polar surface area (TPSA) is 70.6 Å². The minimum absolute atomic E-state index is 0.0285. The highest BCUT2D eigenvalue weighted by molar-refractivity contribution is 7.88. The quantitative estimate of drug-likeness (QED) is 0.809. The van der Waals surface area contributed by atoms with E-state index in [1.807, 2.05) is 25.1 Å². The van der Waals surface area contributed by atoms with Crippen LogP contribution >= 0.6 is 11.3 Å². The second kappa shape index (κ2) is 6.62. The molecule has 0 N–H and O–H groups in total. The van der Waals surface area contributed by atoms with Gasteiger partial charge in [-0.25, -0.2) is 8.42 Å². The van der Waals surface area contributed by atoms with Gasteiger partial charge in [0, 0.05) is 36.9 Å². The molecular weight excluding hydrogens is 346 g/mol. The Labute approximate surface area is 145 Å². The smallest absolute Gasteiger partial charge is 0.264 e. The van der Waals surface area contributed by atoms with E-state index >= 15 is 0 Å². The van der Waals surface area contributed by atoms with E-state index in [-0.39, 0.29) is 18.5 Å². The normalized spacial score (nSPS) is 15.5. The summed E-state index contributed by atoms with van der Waals surface area (Å²) in [7, 11) is -3.36. The Balaban J connectivity index is 1.68. The van der Waals surface area contributed by atoms with Crippen LogP contribution in [0, 0.1) is 6.92 Å². The zero-order chi connectivity index (χ0) is 17.3. The van der Waals surface area contributed by atoms with Crippen LogP contribution in [-0.2, 0) is 16.6 Å². The van der Waals surface area contributed by atoms with Gasteiger partial charge < -0.3 is 4.90 Å². The number of carbonyl (C=O) groups excluding carboxylic acids is 1. The molecule has 1 amide bonds. The highest BCUT2D eigenvalue weighted by atomic mass is 32.2. The lowest BCUT2D eigenvalue weighted by atomic mass is 10.1. The maximum absolute atomic E-state index is 12.4. The van der Waals surface area contributed by atoms with Crippen molar-refractivity contribution in [2.45, 2.75) is 19.5 Å². The van der Waals surface area contributed by atoms with Gasteiger partial charge in [-0.05, 0) is 30.7 Å². The summed E-state index contributed by atoms with van der Waals surface area (Å²) in [6, 6.07) is 7.18. The zero-order valence-electron chi connectivity index (χ0n) is 13.5. The lowest BCUT2D eigenvalue weighted by Gasteiger charge is -2.44. The summed E-state index contributed by atoms with van der Waals surface area (Å²) in [5, 5.41) is 0. The second-order valence-corrected chi connectivity index (χ2v) is 9.17. The third kappa shape index (κ3) is 3.66. The monoisotopic (exact) mass is 365 g/mol. The molecule has 2 aromatic rings. The number of pyridine rings is 1. The summed E-state index contributed by atoms with van der Waals surface area (Å²) >= 11 is 1.46. The molecule has 3 rings (SSSR count). The van der Waals surface area contributed by atoms with Crippen LogP contribution in [0.1, 0.15) is 20.1 Å². The molecule has 24 heavy (non-hydrogen) atoms. The first-order valence-electron chi connectivity index (χ1n) is 7.56. The van der Waals surface area contributed by atoms with Crippen molar-refractivity contribution in [1.82, 2.24) is 14.2 Å². The lowest BCUT2D eigenvalue weighted by molar-refractivity contribution is 0.0448. The maximum atomic E-state index is 12.4. The van der Waals surface area contributed by atoms with Crippen molar-refractivity contribution in [2.75, 3.05) is 19.3 Å². The van der Waals surface area contributed by atoms with Crippen LogP contribution < -0.4 is 0 Å². The third-order valence-electron chi connectivity index (χ3n) is 4.00. The standard InChI is InChI=1S/C16H19N3O3S2/c1-12-5-6-15(23-12)16(20)18-10-14(11-18)19(24(2,21)22)9-13-4-3-7-17-8-13/h3-8,14H,9-11H2,1-2H3. The van der Waals surface area contributed by atoms with Gasteiger partial charge in [-0.2, -0.15) is 4.31 Å². The van der Waals surface area contributed by atoms with Crippen LogP contribution in [0.2, 0.25) is 0 Å². The van der Waals surface area contributed by atoms with Crippen LogP contribution in [0.15, 0.2) is 36.7 Å². The summed E-state index contributed by atoms with van der Waals surface area (Å²) in [4.78, 5) is 19.9. The number of hydrogen-bond acceptors (Lipinski definition) is 5. The van der Waals surface area contributed by atoms with E-state index in [0.29, 0.717) is 18.0 Å². The van der Waals surface area contributed by atoms with Crippen molar-refractivity contribution in [3.05, 3.63) is 52.0 Å². The number of aryl methyl sites for hydroxylation is 1. The Bertz CT molecular complexity index is 827. The Kier molecular flexibility index (Phi) is 4.71. The van der Waals surface area contributed by atoms with Gasteiger partial charge in [-0.15, -0.1) is 11.3 Å². The van der Waals surface area contributed by atoms with E-state index in [2.05, 4.69) is 4.98 Å². The van der Waals surface area contributed by atoms with Gasteiger partial charge in [0.2, 0.25) is 10.0 Å². The molecule has 128 valence electrons. The Hall–Kier alpha value is -1.77. The summed E-state index contributed by atoms with van der Waals surface area (Å²) < 4.78 is 25.7. The number of amides is 1. The molecule has 0 atom stereocenters. The first-order valence-corrected chi connectivity index (χ1v) is 10.2. The largest absolute Gasteiger partial charge is 0.335 e. The van der Waals surface area contributed by atoms with Crippen LogP contribution in [0.4, 0.5) is 0 Å². The van der Waals surface area contributed by atoms with Crippen molar-refractivity contribution >= 4 is 27.3 Å². The van der Waals surface area contributed by atoms with Gasteiger partial charge in [0.1, 0.15) is 0 Å². The van der Waals surface area contributed by atoms with Gasteiger partial charge in [-0.3, -0.25) is 9.78 Å². The van der Waals surface area contributed by atoms with Gasteiger partial charge in [-0.1, -0.05) is 6.07 Å². The second-order valence-electron chi connectivity index (χ2n) is 5.94. The first kappa shape index (κ1) is 17.1. The molecule has 0 unspecified atom stereocenters. The Morgan fingerprint density at radius 3 is 2.67 bits per heavy atom. The fraction of sp³-hybridized carbons (Fsp3) is 0.375. The average molecular weight is 365 g/mol. The number of aromatic nitrogens is 1. The number of sulfonamides is 1. The fourth-order valence-corrected chi connectivity index (χ4v) is 4.59. The van der Waals surface area contributed by atoms with Gasteiger partial charge in [0.05, 0.1) is 17.2 Å². The zero-order valence-corrected chi connectivity index (χ0v) is 15.2. The Morgan fingerprint density at radius 1 is 1.38 bits per heavy atom. The molecule has 0 aromatic carbocycles. The molecular formula is C16H19N3O3S2. The summed E-state index contributed by atoms with van der Waals surface area (Å²) in [5.74, 6) is -0.0285. The van der Waals surface area contributed by atoms with Crippen LogP contribution in [0.5, 0.6) is 0 Å². The van der Waals surface area contributed by atoms with E-state index in [0.717, 1.165) is 10.4 Å². The van der Waals surface area contributed by atoms with E-state index < -0.39 is 10.0 Å². The summed E-state index contributed by atoms with van der Waals surface area (Å²) in [6.07, 6.45) is 4.52. The minimum atomic E-state index is -3.36. The number of carbonyl (C=O) groups is 1. The van der Waals surface area contributed by atoms with Crippen molar-refractivity contribution in [3.8, 4) is 0 Å². The predicted octanol–water partition coefficient (Wildman–Crippen LogP) is 1.74. The molecule has 0 saturated carbocycles. The predicted molar refractivity (Wildman–Crippen MR) is 93.4 cm³/mol. The number of likely N-dealkylation sites (tertiary alicyclic amines) is 1. The molecule has 0 spiro atoms. The fourth-order valence-electron chi connectivity index (χ4n) is 2.70. The minimum Gasteiger partial charge on any atom is -0.335 e. The van der Waals surface area contributed by atoms with E-state index in [1.165, 1.54) is 21.9 Å². The molecule has 1 aliphatic rings. The van der Waals surface area contributed by atoms with Crippen molar-refractivity contribution in [1.29, 1.82) is 0 Å². The van der Waals surface area contributed by atoms with Crippen LogP contribution in [0.3, 0.4) is 0 Å². The SMILES string of the molecule is Cc1ccc(C(=O)N2CC(N(Cc3cccnc3)S(C)(=O)=O)C2)s1. The average Bonchev–Trinajstić information content (AvgIpc) is 2.91. The molecule has 8 heteroatoms. The number of rotatable bonds is 5. The van der Waals surface area contributed by atoms with Gasteiger partial charge in [0.15, 0.2) is 0 Å². The van der Waals surface area contributed by atoms with Gasteiger partial charge in [0.25, 0.3) is 5.91 Å². The number of thiophene rings is 1. The molecule has 0 aliphatic carbocycles. The highest BCUT2D eigenvalue weighted by Gasteiger charge is 2.39. The molecule has 1 fully saturated rings. The summed E-state index contributed by atoms with van der Waals surface area (Å²) in [5.41, 5.74) is 0.835. The van der Waals surface area contributed by atoms with Crippen molar-refractivity contribution < 1.29 is 13.2 Å². The van der Waals surface area contributed by atoms with E-state index in [9.17, 15) is 13.2 Å². The lowest BCUT2D eigenvalue weighted by Crippen LogP contribution is -2.61. The van der Waals surface area contributed by atoms with E-state index in [1.54, 1.807) is 23.4 Å². The molecule has 1 saturated heterocycles. The first-order chi connectivity index (χ1) is 11.3.